The summed E-state index contributed by atoms with van der Waals surface area (Å²) >= 11 is 7.33. The van der Waals surface area contributed by atoms with Gasteiger partial charge < -0.3 is 14.6 Å². The summed E-state index contributed by atoms with van der Waals surface area (Å²) in [4.78, 5) is 21.8. The Morgan fingerprint density at radius 2 is 2.03 bits per heavy atom. The zero-order valence-corrected chi connectivity index (χ0v) is 21.4. The van der Waals surface area contributed by atoms with Crippen LogP contribution in [0.3, 0.4) is 0 Å². The number of benzene rings is 1. The molecule has 0 bridgehead atoms. The highest BCUT2D eigenvalue weighted by Crippen LogP contribution is 2.47. The van der Waals surface area contributed by atoms with Gasteiger partial charge in [0.25, 0.3) is 0 Å². The SMILES string of the molecule is COc1ccc(CCC2(C3CCCC3)CC(O)=C(Sc3n[nH]c(-c4ccncc4)n3)C(=O)O2)cc1Cl. The fraction of sp³-hybridized carbons (Fsp3) is 0.385. The number of carbonyl (C=O) groups is 1. The normalized spacial score (nSPS) is 20.6. The number of aliphatic hydroxyl groups is 1. The average Bonchev–Trinajstić information content (AvgIpc) is 3.59. The molecule has 36 heavy (non-hydrogen) atoms. The van der Waals surface area contributed by atoms with Crippen LogP contribution in [-0.4, -0.2) is 44.0 Å². The third-order valence-corrected chi connectivity index (χ3v) is 8.24. The molecule has 0 saturated heterocycles. The van der Waals surface area contributed by atoms with Gasteiger partial charge in [0.1, 0.15) is 22.0 Å². The van der Waals surface area contributed by atoms with Crippen LogP contribution in [0.5, 0.6) is 5.75 Å². The first kappa shape index (κ1) is 24.6. The van der Waals surface area contributed by atoms with Crippen molar-refractivity contribution in [3.8, 4) is 17.1 Å². The summed E-state index contributed by atoms with van der Waals surface area (Å²) in [6, 6.07) is 9.32. The molecule has 8 nitrogen and oxygen atoms in total. The molecule has 5 rings (SSSR count). The van der Waals surface area contributed by atoms with E-state index in [1.807, 2.05) is 30.3 Å². The van der Waals surface area contributed by atoms with Crippen molar-refractivity contribution in [3.63, 3.8) is 0 Å². The molecule has 1 aliphatic heterocycles. The number of nitrogens with one attached hydrogen (secondary N) is 1. The Labute approximate surface area is 218 Å². The van der Waals surface area contributed by atoms with E-state index in [4.69, 9.17) is 21.1 Å². The van der Waals surface area contributed by atoms with E-state index < -0.39 is 11.6 Å². The number of aromatic nitrogens is 4. The lowest BCUT2D eigenvalue weighted by atomic mass is 9.77. The largest absolute Gasteiger partial charge is 0.511 e. The molecule has 10 heteroatoms. The van der Waals surface area contributed by atoms with E-state index in [0.717, 1.165) is 48.6 Å². The minimum absolute atomic E-state index is 0.0335. The van der Waals surface area contributed by atoms with Crippen LogP contribution in [0.2, 0.25) is 5.02 Å². The van der Waals surface area contributed by atoms with Gasteiger partial charge in [-0.2, -0.15) is 0 Å². The zero-order valence-electron chi connectivity index (χ0n) is 19.9. The van der Waals surface area contributed by atoms with Crippen molar-refractivity contribution in [1.82, 2.24) is 20.2 Å². The number of hydrogen-bond donors (Lipinski definition) is 2. The summed E-state index contributed by atoms with van der Waals surface area (Å²) < 4.78 is 11.4. The number of hydrogen-bond acceptors (Lipinski definition) is 8. The van der Waals surface area contributed by atoms with Crippen molar-refractivity contribution >= 4 is 29.3 Å². The van der Waals surface area contributed by atoms with E-state index in [1.54, 1.807) is 19.5 Å². The zero-order chi connectivity index (χ0) is 25.1. The topological polar surface area (TPSA) is 110 Å². The van der Waals surface area contributed by atoms with Gasteiger partial charge in [-0.05, 0) is 73.2 Å². The maximum absolute atomic E-state index is 13.2. The first-order valence-corrected chi connectivity index (χ1v) is 13.2. The molecule has 1 atom stereocenters. The Morgan fingerprint density at radius 3 is 2.72 bits per heavy atom. The van der Waals surface area contributed by atoms with Gasteiger partial charge in [0.05, 0.1) is 12.1 Å². The van der Waals surface area contributed by atoms with Gasteiger partial charge in [0.2, 0.25) is 5.16 Å². The molecule has 0 amide bonds. The standard InChI is InChI=1S/C26H27ClN4O4S/c1-34-21-7-6-16(14-19(21)27)8-11-26(18-4-2-3-5-18)15-20(32)22(24(33)35-26)36-25-29-23(30-31-25)17-9-12-28-13-10-17/h6-7,9-10,12-14,18,32H,2-5,8,11,15H2,1H3,(H,29,30,31). The predicted molar refractivity (Wildman–Crippen MR) is 137 cm³/mol. The summed E-state index contributed by atoms with van der Waals surface area (Å²) in [5.41, 5.74) is 1.10. The lowest BCUT2D eigenvalue weighted by Crippen LogP contribution is -2.45. The van der Waals surface area contributed by atoms with E-state index >= 15 is 0 Å². The number of esters is 1. The van der Waals surface area contributed by atoms with Crippen molar-refractivity contribution in [1.29, 1.82) is 0 Å². The Balaban J connectivity index is 1.36. The average molecular weight is 527 g/mol. The molecule has 1 fully saturated rings. The molecule has 188 valence electrons. The quantitative estimate of drug-likeness (QED) is 0.349. The van der Waals surface area contributed by atoms with Crippen LogP contribution < -0.4 is 4.74 Å². The van der Waals surface area contributed by atoms with Crippen molar-refractivity contribution in [3.05, 3.63) is 64.0 Å². The Bertz CT molecular complexity index is 1280. The van der Waals surface area contributed by atoms with Gasteiger partial charge in [-0.1, -0.05) is 30.5 Å². The van der Waals surface area contributed by atoms with E-state index in [9.17, 15) is 9.90 Å². The van der Waals surface area contributed by atoms with Crippen molar-refractivity contribution in [2.24, 2.45) is 5.92 Å². The first-order valence-electron chi connectivity index (χ1n) is 12.0. The summed E-state index contributed by atoms with van der Waals surface area (Å²) in [7, 11) is 1.58. The number of H-pyrrole nitrogens is 1. The molecule has 1 aliphatic carbocycles. The molecule has 1 saturated carbocycles. The molecule has 3 heterocycles. The van der Waals surface area contributed by atoms with Gasteiger partial charge >= 0.3 is 5.97 Å². The molecule has 0 spiro atoms. The minimum Gasteiger partial charge on any atom is -0.511 e. The number of carbonyl (C=O) groups excluding carboxylic acids is 1. The highest BCUT2D eigenvalue weighted by atomic mass is 35.5. The Kier molecular flexibility index (Phi) is 7.20. The van der Waals surface area contributed by atoms with Crippen molar-refractivity contribution in [2.45, 2.75) is 55.7 Å². The van der Waals surface area contributed by atoms with Crippen LogP contribution in [0.15, 0.2) is 58.5 Å². The molecule has 2 N–H and O–H groups in total. The summed E-state index contributed by atoms with van der Waals surface area (Å²) in [6.07, 6.45) is 9.02. The first-order chi connectivity index (χ1) is 17.5. The molecule has 1 aromatic carbocycles. The van der Waals surface area contributed by atoms with Crippen LogP contribution in [0.25, 0.3) is 11.4 Å². The number of halogens is 1. The van der Waals surface area contributed by atoms with Gasteiger partial charge in [0.15, 0.2) is 5.82 Å². The number of ether oxygens (including phenoxy) is 2. The number of cyclic esters (lactones) is 1. The Hall–Kier alpha value is -3.04. The number of nitrogens with zero attached hydrogens (tertiary/aromatic N) is 3. The van der Waals surface area contributed by atoms with Crippen LogP contribution in [0, 0.1) is 5.92 Å². The van der Waals surface area contributed by atoms with Crippen LogP contribution in [-0.2, 0) is 16.0 Å². The molecular formula is C26H27ClN4O4S. The molecule has 0 radical (unpaired) electrons. The van der Waals surface area contributed by atoms with Crippen LogP contribution >= 0.6 is 23.4 Å². The minimum atomic E-state index is -0.755. The van der Waals surface area contributed by atoms with Crippen LogP contribution in [0.1, 0.15) is 44.1 Å². The van der Waals surface area contributed by atoms with E-state index in [0.29, 0.717) is 34.6 Å². The summed E-state index contributed by atoms with van der Waals surface area (Å²) in [5.74, 6) is 0.884. The van der Waals surface area contributed by atoms with Gasteiger partial charge in [-0.25, -0.2) is 9.78 Å². The second kappa shape index (κ2) is 10.5. The van der Waals surface area contributed by atoms with Crippen LogP contribution in [0.4, 0.5) is 0 Å². The maximum atomic E-state index is 13.2. The molecule has 1 unspecified atom stereocenters. The number of rotatable bonds is 8. The monoisotopic (exact) mass is 526 g/mol. The van der Waals surface area contributed by atoms with Crippen molar-refractivity contribution in [2.75, 3.05) is 7.11 Å². The smallest absolute Gasteiger partial charge is 0.349 e. The van der Waals surface area contributed by atoms with E-state index in [1.165, 1.54) is 0 Å². The van der Waals surface area contributed by atoms with Gasteiger partial charge in [-0.3, -0.25) is 10.1 Å². The fourth-order valence-corrected chi connectivity index (χ4v) is 6.12. The van der Waals surface area contributed by atoms with E-state index in [-0.39, 0.29) is 23.0 Å². The number of thioether (sulfide) groups is 1. The number of pyridine rings is 1. The second-order valence-corrected chi connectivity index (χ2v) is 10.5. The van der Waals surface area contributed by atoms with Gasteiger partial charge in [-0.15, -0.1) is 5.10 Å². The molecule has 2 aliphatic rings. The molecule has 2 aromatic heterocycles. The molecular weight excluding hydrogens is 500 g/mol. The van der Waals surface area contributed by atoms with E-state index in [2.05, 4.69) is 20.2 Å². The lowest BCUT2D eigenvalue weighted by molar-refractivity contribution is -0.166. The van der Waals surface area contributed by atoms with Gasteiger partial charge in [0, 0.05) is 24.4 Å². The van der Waals surface area contributed by atoms with Crippen molar-refractivity contribution < 1.29 is 19.4 Å². The number of aliphatic hydroxyl groups excluding tert-OH is 1. The highest BCUT2D eigenvalue weighted by Gasteiger charge is 2.48. The summed E-state index contributed by atoms with van der Waals surface area (Å²) in [5, 5.41) is 19.0. The number of aryl methyl sites for hydroxylation is 1. The predicted octanol–water partition coefficient (Wildman–Crippen LogP) is 5.90. The number of methoxy groups -OCH3 is 1. The molecule has 3 aromatic rings. The Morgan fingerprint density at radius 1 is 1.25 bits per heavy atom. The fourth-order valence-electron chi connectivity index (χ4n) is 5.12. The summed E-state index contributed by atoms with van der Waals surface area (Å²) in [6.45, 7) is 0. The third kappa shape index (κ3) is 5.08. The third-order valence-electron chi connectivity index (χ3n) is 6.97. The number of aromatic amines is 1. The second-order valence-electron chi connectivity index (χ2n) is 9.16. The lowest BCUT2D eigenvalue weighted by Gasteiger charge is -2.41. The maximum Gasteiger partial charge on any atom is 0.349 e. The highest BCUT2D eigenvalue weighted by molar-refractivity contribution is 8.03.